The summed E-state index contributed by atoms with van der Waals surface area (Å²) in [6, 6.07) is 2.55. The van der Waals surface area contributed by atoms with Gasteiger partial charge in [0.2, 0.25) is 0 Å². The fraction of sp³-hybridized carbons (Fsp3) is 0.808. The van der Waals surface area contributed by atoms with Crippen molar-refractivity contribution in [2.75, 3.05) is 0 Å². The largest absolute Gasteiger partial charge is 0.390 e. The number of aromatic nitrogens is 2. The molecule has 0 radical (unpaired) electrons. The smallest absolute Gasteiger partial charge is 0.159 e. The molecule has 0 bridgehead atoms. The predicted molar refractivity (Wildman–Crippen MR) is 118 cm³/mol. The Balaban J connectivity index is 1.38. The van der Waals surface area contributed by atoms with Crippen molar-refractivity contribution in [1.29, 1.82) is 5.26 Å². The number of Topliss-reactive ketones (excluding diaryl/α,β-unsaturated/α-hetero) is 1. The van der Waals surface area contributed by atoms with Crippen LogP contribution in [0.5, 0.6) is 0 Å². The van der Waals surface area contributed by atoms with Crippen molar-refractivity contribution in [3.63, 3.8) is 0 Å². The minimum atomic E-state index is -0.487. The molecule has 5 nitrogen and oxygen atoms in total. The Kier molecular flexibility index (Phi) is 5.09. The maximum Gasteiger partial charge on any atom is 0.159 e. The molecule has 1 N–H and O–H groups in total. The maximum absolute atomic E-state index is 13.5. The van der Waals surface area contributed by atoms with Crippen molar-refractivity contribution < 1.29 is 9.90 Å². The van der Waals surface area contributed by atoms with Crippen LogP contribution in [0.1, 0.15) is 70.8 Å². The summed E-state index contributed by atoms with van der Waals surface area (Å²) in [5.41, 5.74) is 0.510. The van der Waals surface area contributed by atoms with E-state index in [1.807, 2.05) is 20.0 Å². The summed E-state index contributed by atoms with van der Waals surface area (Å²) in [7, 11) is 0. The first-order chi connectivity index (χ1) is 14.7. The SMILES string of the molecule is Cc1cnn(CC(=O)[C@H]2[C@H](C#N)C[C@H]3[C@@H]4CC[C@@H]5C[C@](C)(O)CC[C@@H]5[C@H]4CC[C@@]32C)c1. The molecule has 1 aromatic rings. The highest BCUT2D eigenvalue weighted by atomic mass is 16.3. The summed E-state index contributed by atoms with van der Waals surface area (Å²) in [4.78, 5) is 13.5. The fourth-order valence-corrected chi connectivity index (χ4v) is 8.66. The Hall–Kier alpha value is -1.67. The fourth-order valence-electron chi connectivity index (χ4n) is 8.66. The average molecular weight is 424 g/mol. The van der Waals surface area contributed by atoms with Crippen LogP contribution in [0.4, 0.5) is 0 Å². The van der Waals surface area contributed by atoms with Gasteiger partial charge in [-0.2, -0.15) is 10.4 Å². The topological polar surface area (TPSA) is 78.9 Å². The number of carbonyl (C=O) groups excluding carboxylic acids is 1. The molecule has 0 amide bonds. The lowest BCUT2D eigenvalue weighted by Gasteiger charge is -2.56. The third kappa shape index (κ3) is 3.46. The van der Waals surface area contributed by atoms with E-state index in [1.165, 1.54) is 19.3 Å². The van der Waals surface area contributed by atoms with E-state index < -0.39 is 5.60 Å². The summed E-state index contributed by atoms with van der Waals surface area (Å²) in [5.74, 6) is 3.08. The van der Waals surface area contributed by atoms with E-state index in [0.717, 1.165) is 49.5 Å². The van der Waals surface area contributed by atoms with Gasteiger partial charge in [0.25, 0.3) is 0 Å². The summed E-state index contributed by atoms with van der Waals surface area (Å²) in [6.07, 6.45) is 12.3. The Labute approximate surface area is 186 Å². The number of hydrogen-bond acceptors (Lipinski definition) is 4. The number of aliphatic hydroxyl groups is 1. The predicted octanol–water partition coefficient (Wildman–Crippen LogP) is 4.53. The molecular weight excluding hydrogens is 386 g/mol. The van der Waals surface area contributed by atoms with Crippen LogP contribution in [0.2, 0.25) is 0 Å². The molecule has 4 saturated carbocycles. The minimum absolute atomic E-state index is 0.0617. The van der Waals surface area contributed by atoms with Gasteiger partial charge < -0.3 is 5.11 Å². The van der Waals surface area contributed by atoms with E-state index >= 15 is 0 Å². The van der Waals surface area contributed by atoms with E-state index in [1.54, 1.807) is 10.9 Å². The second-order valence-electron chi connectivity index (χ2n) is 11.9. The number of hydrogen-bond donors (Lipinski definition) is 1. The van der Waals surface area contributed by atoms with Crippen molar-refractivity contribution in [2.45, 2.75) is 84.3 Å². The third-order valence-electron chi connectivity index (χ3n) is 9.89. The zero-order valence-corrected chi connectivity index (χ0v) is 19.3. The highest BCUT2D eigenvalue weighted by molar-refractivity contribution is 5.82. The monoisotopic (exact) mass is 423 g/mol. The quantitative estimate of drug-likeness (QED) is 0.775. The number of carbonyl (C=O) groups is 1. The van der Waals surface area contributed by atoms with Gasteiger partial charge in [-0.3, -0.25) is 9.48 Å². The Morgan fingerprint density at radius 1 is 1.23 bits per heavy atom. The van der Waals surface area contributed by atoms with Crippen LogP contribution in [0.15, 0.2) is 12.4 Å². The van der Waals surface area contributed by atoms with Crippen LogP contribution >= 0.6 is 0 Å². The summed E-state index contributed by atoms with van der Waals surface area (Å²) in [6.45, 7) is 6.60. The van der Waals surface area contributed by atoms with Crippen molar-refractivity contribution in [2.24, 2.45) is 46.8 Å². The lowest BCUT2D eigenvalue weighted by molar-refractivity contribution is -0.133. The minimum Gasteiger partial charge on any atom is -0.390 e. The number of fused-ring (bicyclic) bond motifs is 5. The van der Waals surface area contributed by atoms with Crippen LogP contribution in [0, 0.1) is 65.1 Å². The lowest BCUT2D eigenvalue weighted by Crippen LogP contribution is -2.51. The number of rotatable bonds is 3. The first kappa shape index (κ1) is 21.2. The Morgan fingerprint density at radius 2 is 2.00 bits per heavy atom. The van der Waals surface area contributed by atoms with Gasteiger partial charge >= 0.3 is 0 Å². The average Bonchev–Trinajstić information content (AvgIpc) is 3.26. The van der Waals surface area contributed by atoms with E-state index in [0.29, 0.717) is 17.8 Å². The molecular formula is C26H37N3O2. The van der Waals surface area contributed by atoms with E-state index in [-0.39, 0.29) is 29.6 Å². The van der Waals surface area contributed by atoms with Gasteiger partial charge in [0.15, 0.2) is 5.78 Å². The van der Waals surface area contributed by atoms with Crippen molar-refractivity contribution >= 4 is 5.78 Å². The summed E-state index contributed by atoms with van der Waals surface area (Å²) < 4.78 is 1.74. The van der Waals surface area contributed by atoms with Crippen molar-refractivity contribution in [3.8, 4) is 6.07 Å². The molecule has 0 aliphatic heterocycles. The van der Waals surface area contributed by atoms with Crippen LogP contribution < -0.4 is 0 Å². The van der Waals surface area contributed by atoms with Crippen LogP contribution in [-0.4, -0.2) is 26.3 Å². The highest BCUT2D eigenvalue weighted by Crippen LogP contribution is 2.66. The molecule has 168 valence electrons. The van der Waals surface area contributed by atoms with Gasteiger partial charge in [0, 0.05) is 12.1 Å². The first-order valence-corrected chi connectivity index (χ1v) is 12.4. The molecule has 4 aliphatic carbocycles. The van der Waals surface area contributed by atoms with Gasteiger partial charge in [-0.15, -0.1) is 0 Å². The number of nitrogens with zero attached hydrogens (tertiary/aromatic N) is 3. The van der Waals surface area contributed by atoms with Gasteiger partial charge in [0.1, 0.15) is 0 Å². The van der Waals surface area contributed by atoms with Crippen molar-refractivity contribution in [3.05, 3.63) is 18.0 Å². The highest BCUT2D eigenvalue weighted by Gasteiger charge is 2.61. The maximum atomic E-state index is 13.5. The van der Waals surface area contributed by atoms with Crippen LogP contribution in [0.3, 0.4) is 0 Å². The molecule has 4 fully saturated rings. The number of ketones is 1. The van der Waals surface area contributed by atoms with Crippen LogP contribution in [-0.2, 0) is 11.3 Å². The lowest BCUT2D eigenvalue weighted by atomic mass is 9.49. The molecule has 31 heavy (non-hydrogen) atoms. The van der Waals surface area contributed by atoms with Gasteiger partial charge in [-0.1, -0.05) is 6.92 Å². The molecule has 9 atom stereocenters. The van der Waals surface area contributed by atoms with Crippen molar-refractivity contribution in [1.82, 2.24) is 9.78 Å². The molecule has 0 unspecified atom stereocenters. The Morgan fingerprint density at radius 3 is 2.71 bits per heavy atom. The summed E-state index contributed by atoms with van der Waals surface area (Å²) in [5, 5.41) is 24.9. The first-order valence-electron chi connectivity index (χ1n) is 12.4. The zero-order chi connectivity index (χ0) is 22.0. The molecule has 0 aromatic carbocycles. The van der Waals surface area contributed by atoms with Gasteiger partial charge in [0.05, 0.1) is 30.3 Å². The standard InChI is InChI=1S/C26H37N3O2/c1-16-13-28-29(14-16)15-23(30)24-18(12-27)10-22-21-5-4-17-11-25(2,31)8-6-19(17)20(21)7-9-26(22,24)3/h13-14,17-22,24,31H,4-11,15H2,1-3H3/t17-,18+,19+,20-,21-,22+,24-,25-,26+/m1/s1. The molecule has 0 spiro atoms. The van der Waals surface area contributed by atoms with Gasteiger partial charge in [-0.25, -0.2) is 0 Å². The van der Waals surface area contributed by atoms with Gasteiger partial charge in [-0.05, 0) is 106 Å². The van der Waals surface area contributed by atoms with E-state index in [4.69, 9.17) is 0 Å². The van der Waals surface area contributed by atoms with E-state index in [9.17, 15) is 15.2 Å². The molecule has 1 aromatic heterocycles. The molecule has 1 heterocycles. The molecule has 0 saturated heterocycles. The number of nitriles is 1. The third-order valence-corrected chi connectivity index (χ3v) is 9.89. The molecule has 5 rings (SSSR count). The zero-order valence-electron chi connectivity index (χ0n) is 19.3. The summed E-state index contributed by atoms with van der Waals surface area (Å²) >= 11 is 0. The molecule has 5 heteroatoms. The second-order valence-corrected chi connectivity index (χ2v) is 11.9. The number of aryl methyl sites for hydroxylation is 1. The normalized spacial score (nSPS) is 46.5. The Bertz CT molecular complexity index is 899. The van der Waals surface area contributed by atoms with Crippen LogP contribution in [0.25, 0.3) is 0 Å². The molecule has 4 aliphatic rings. The van der Waals surface area contributed by atoms with E-state index in [2.05, 4.69) is 18.1 Å². The second kappa shape index (κ2) is 7.44.